The summed E-state index contributed by atoms with van der Waals surface area (Å²) in [5.74, 6) is 1.17. The van der Waals surface area contributed by atoms with Crippen LogP contribution >= 0.6 is 15.9 Å². The standard InChI is InChI=1S/C11H18BrN3O2/c1-7(2)9-11(15(16)17)14(6-5-12)10(13-9)8(3)4/h7-8H,5-6H2,1-4H3. The molecular weight excluding hydrogens is 286 g/mol. The maximum atomic E-state index is 11.2. The van der Waals surface area contributed by atoms with Gasteiger partial charge in [-0.3, -0.25) is 0 Å². The highest BCUT2D eigenvalue weighted by molar-refractivity contribution is 9.09. The van der Waals surface area contributed by atoms with E-state index >= 15 is 0 Å². The summed E-state index contributed by atoms with van der Waals surface area (Å²) in [5, 5.41) is 11.9. The van der Waals surface area contributed by atoms with E-state index in [1.54, 1.807) is 4.57 Å². The van der Waals surface area contributed by atoms with Gasteiger partial charge in [-0.25, -0.2) is 9.55 Å². The molecule has 0 saturated carbocycles. The summed E-state index contributed by atoms with van der Waals surface area (Å²) in [4.78, 5) is 15.3. The molecule has 0 aliphatic rings. The van der Waals surface area contributed by atoms with E-state index in [1.165, 1.54) is 0 Å². The van der Waals surface area contributed by atoms with Crippen LogP contribution in [-0.4, -0.2) is 19.8 Å². The normalized spacial score (nSPS) is 11.5. The van der Waals surface area contributed by atoms with Gasteiger partial charge >= 0.3 is 5.82 Å². The number of alkyl halides is 1. The number of aromatic nitrogens is 2. The number of nitrogens with zero attached hydrogens (tertiary/aromatic N) is 3. The minimum absolute atomic E-state index is 0.0597. The number of nitro groups is 1. The lowest BCUT2D eigenvalue weighted by atomic mass is 10.1. The zero-order chi connectivity index (χ0) is 13.2. The molecule has 0 aliphatic carbocycles. The Hall–Kier alpha value is -0.910. The first-order valence-electron chi connectivity index (χ1n) is 5.70. The van der Waals surface area contributed by atoms with Crippen LogP contribution in [-0.2, 0) is 6.54 Å². The van der Waals surface area contributed by atoms with Crippen molar-refractivity contribution in [2.45, 2.75) is 46.1 Å². The average Bonchev–Trinajstić information content (AvgIpc) is 2.57. The highest BCUT2D eigenvalue weighted by atomic mass is 79.9. The summed E-state index contributed by atoms with van der Waals surface area (Å²) in [6, 6.07) is 0. The molecule has 0 unspecified atom stereocenters. The third kappa shape index (κ3) is 2.86. The second-order valence-electron chi connectivity index (χ2n) is 4.59. The molecule has 17 heavy (non-hydrogen) atoms. The van der Waals surface area contributed by atoms with Gasteiger partial charge in [0.15, 0.2) is 5.82 Å². The molecule has 5 nitrogen and oxygen atoms in total. The number of imidazole rings is 1. The summed E-state index contributed by atoms with van der Waals surface area (Å²) < 4.78 is 1.72. The van der Waals surface area contributed by atoms with Crippen LogP contribution in [0, 0.1) is 10.1 Å². The van der Waals surface area contributed by atoms with Crippen LogP contribution < -0.4 is 0 Å². The van der Waals surface area contributed by atoms with Gasteiger partial charge in [-0.1, -0.05) is 43.6 Å². The highest BCUT2D eigenvalue weighted by Gasteiger charge is 2.29. The van der Waals surface area contributed by atoms with Gasteiger partial charge in [0, 0.05) is 17.2 Å². The van der Waals surface area contributed by atoms with Crippen LogP contribution in [0.25, 0.3) is 0 Å². The molecule has 1 aromatic rings. The summed E-state index contributed by atoms with van der Waals surface area (Å²) in [6.07, 6.45) is 0. The predicted molar refractivity (Wildman–Crippen MR) is 70.9 cm³/mol. The third-order valence-electron chi connectivity index (χ3n) is 2.54. The lowest BCUT2D eigenvalue weighted by Crippen LogP contribution is -2.09. The predicted octanol–water partition coefficient (Wildman–Crippen LogP) is 3.43. The first-order valence-corrected chi connectivity index (χ1v) is 6.82. The minimum Gasteiger partial charge on any atom is -0.358 e. The van der Waals surface area contributed by atoms with Gasteiger partial charge in [0.1, 0.15) is 12.2 Å². The zero-order valence-electron chi connectivity index (χ0n) is 10.6. The van der Waals surface area contributed by atoms with Crippen LogP contribution in [0.4, 0.5) is 5.82 Å². The van der Waals surface area contributed by atoms with Crippen molar-refractivity contribution in [1.29, 1.82) is 0 Å². The van der Waals surface area contributed by atoms with Crippen LogP contribution in [0.5, 0.6) is 0 Å². The second-order valence-corrected chi connectivity index (χ2v) is 5.38. The minimum atomic E-state index is -0.323. The summed E-state index contributed by atoms with van der Waals surface area (Å²) in [7, 11) is 0. The fraction of sp³-hybridized carbons (Fsp3) is 0.727. The third-order valence-corrected chi connectivity index (χ3v) is 2.90. The molecule has 0 atom stereocenters. The van der Waals surface area contributed by atoms with E-state index in [0.717, 1.165) is 5.82 Å². The molecule has 0 radical (unpaired) electrons. The van der Waals surface area contributed by atoms with Crippen molar-refractivity contribution < 1.29 is 4.92 Å². The summed E-state index contributed by atoms with van der Waals surface area (Å²) in [6.45, 7) is 8.43. The summed E-state index contributed by atoms with van der Waals surface area (Å²) in [5.41, 5.74) is 0.583. The molecule has 0 spiro atoms. The van der Waals surface area contributed by atoms with Gasteiger partial charge < -0.3 is 10.1 Å². The average molecular weight is 304 g/mol. The number of hydrogen-bond acceptors (Lipinski definition) is 3. The fourth-order valence-electron chi connectivity index (χ4n) is 1.81. The molecule has 1 aromatic heterocycles. The van der Waals surface area contributed by atoms with Crippen LogP contribution in [0.15, 0.2) is 0 Å². The molecule has 0 amide bonds. The number of halogens is 1. The molecule has 96 valence electrons. The molecule has 1 rings (SSSR count). The lowest BCUT2D eigenvalue weighted by Gasteiger charge is -2.05. The Morgan fingerprint density at radius 1 is 1.35 bits per heavy atom. The SMILES string of the molecule is CC(C)c1nc(C(C)C)n(CCBr)c1[N+](=O)[O-]. The van der Waals surface area contributed by atoms with Gasteiger partial charge in [0.05, 0.1) is 0 Å². The molecule has 0 aliphatic heterocycles. The molecular formula is C11H18BrN3O2. The monoisotopic (exact) mass is 303 g/mol. The largest absolute Gasteiger partial charge is 0.358 e. The van der Waals surface area contributed by atoms with E-state index in [9.17, 15) is 10.1 Å². The highest BCUT2D eigenvalue weighted by Crippen LogP contribution is 2.30. The fourth-order valence-corrected chi connectivity index (χ4v) is 2.16. The Kier molecular flexibility index (Phi) is 4.68. The van der Waals surface area contributed by atoms with E-state index in [0.29, 0.717) is 17.6 Å². The lowest BCUT2D eigenvalue weighted by molar-refractivity contribution is -0.393. The van der Waals surface area contributed by atoms with Crippen LogP contribution in [0.1, 0.15) is 51.0 Å². The molecule has 6 heteroatoms. The Morgan fingerprint density at radius 3 is 2.29 bits per heavy atom. The van der Waals surface area contributed by atoms with E-state index in [2.05, 4.69) is 20.9 Å². The van der Waals surface area contributed by atoms with Gasteiger partial charge in [-0.15, -0.1) is 0 Å². The Bertz CT molecular complexity index is 413. The van der Waals surface area contributed by atoms with Crippen LogP contribution in [0.2, 0.25) is 0 Å². The van der Waals surface area contributed by atoms with Crippen molar-refractivity contribution in [3.8, 4) is 0 Å². The molecule has 0 fully saturated rings. The van der Waals surface area contributed by atoms with Crippen molar-refractivity contribution in [3.05, 3.63) is 21.6 Å². The smallest absolute Gasteiger partial charge is 0.346 e. The number of rotatable bonds is 5. The van der Waals surface area contributed by atoms with E-state index < -0.39 is 0 Å². The first-order chi connectivity index (χ1) is 7.90. The van der Waals surface area contributed by atoms with Gasteiger partial charge in [-0.2, -0.15) is 0 Å². The summed E-state index contributed by atoms with van der Waals surface area (Å²) >= 11 is 3.33. The van der Waals surface area contributed by atoms with Crippen molar-refractivity contribution in [3.63, 3.8) is 0 Å². The molecule has 0 aromatic carbocycles. The Morgan fingerprint density at radius 2 is 1.94 bits per heavy atom. The molecule has 0 N–H and O–H groups in total. The van der Waals surface area contributed by atoms with Crippen molar-refractivity contribution in [1.82, 2.24) is 9.55 Å². The van der Waals surface area contributed by atoms with Gasteiger partial charge in [-0.05, 0) is 4.92 Å². The van der Waals surface area contributed by atoms with Crippen molar-refractivity contribution >= 4 is 21.7 Å². The maximum absolute atomic E-state index is 11.2. The topological polar surface area (TPSA) is 61.0 Å². The quantitative estimate of drug-likeness (QED) is 0.475. The van der Waals surface area contributed by atoms with Gasteiger partial charge in [0.2, 0.25) is 0 Å². The van der Waals surface area contributed by atoms with E-state index in [4.69, 9.17) is 0 Å². The van der Waals surface area contributed by atoms with Crippen molar-refractivity contribution in [2.24, 2.45) is 0 Å². The van der Waals surface area contributed by atoms with Gasteiger partial charge in [0.25, 0.3) is 0 Å². The zero-order valence-corrected chi connectivity index (χ0v) is 12.2. The molecule has 1 heterocycles. The first kappa shape index (κ1) is 14.2. The maximum Gasteiger partial charge on any atom is 0.346 e. The van der Waals surface area contributed by atoms with E-state index in [-0.39, 0.29) is 22.6 Å². The molecule has 0 bridgehead atoms. The molecule has 0 saturated heterocycles. The van der Waals surface area contributed by atoms with Crippen molar-refractivity contribution in [2.75, 3.05) is 5.33 Å². The Labute approximate surface area is 110 Å². The van der Waals surface area contributed by atoms with E-state index in [1.807, 2.05) is 27.7 Å². The second kappa shape index (κ2) is 5.62. The number of hydrogen-bond donors (Lipinski definition) is 0. The van der Waals surface area contributed by atoms with Crippen LogP contribution in [0.3, 0.4) is 0 Å². The Balaban J connectivity index is 3.43.